The Morgan fingerprint density at radius 1 is 1.05 bits per heavy atom. The molecule has 192 valence electrons. The first-order valence-corrected chi connectivity index (χ1v) is 12.2. The summed E-state index contributed by atoms with van der Waals surface area (Å²) in [5, 5.41) is 12.6. The molecule has 1 aliphatic rings. The van der Waals surface area contributed by atoms with E-state index in [-0.39, 0.29) is 22.6 Å². The SMILES string of the molecule is Cc1ccc([C@@H](C)NC(=O)c2nn(-c3ccccc3F)c(-c3ccc(Cl)cc3)c2C2NC(=O)NC2=O)cc1. The van der Waals surface area contributed by atoms with Crippen LogP contribution in [-0.4, -0.2) is 27.6 Å². The number of urea groups is 1. The summed E-state index contributed by atoms with van der Waals surface area (Å²) in [6, 6.07) is 17.9. The van der Waals surface area contributed by atoms with E-state index in [9.17, 15) is 14.4 Å². The molecule has 10 heteroatoms. The Labute approximate surface area is 222 Å². The first kappa shape index (κ1) is 25.2. The van der Waals surface area contributed by atoms with E-state index >= 15 is 4.39 Å². The smallest absolute Gasteiger partial charge is 0.322 e. The number of aryl methyl sites for hydroxylation is 1. The van der Waals surface area contributed by atoms with Gasteiger partial charge in [0.1, 0.15) is 17.5 Å². The standard InChI is InChI=1S/C28H23ClFN5O3/c1-15-7-9-17(10-8-15)16(2)31-27(37)24-22(23-26(36)33-28(38)32-23)25(18-11-13-19(29)14-12-18)35(34-24)21-6-4-3-5-20(21)30/h3-14,16,23H,1-2H3,(H,31,37)(H2,32,33,36,38)/t16-,23?/m1/s1. The molecule has 1 fully saturated rings. The quantitative estimate of drug-likeness (QED) is 0.304. The van der Waals surface area contributed by atoms with E-state index in [0.29, 0.717) is 10.6 Å². The molecule has 3 aromatic carbocycles. The number of benzene rings is 3. The zero-order valence-corrected chi connectivity index (χ0v) is 21.2. The van der Waals surface area contributed by atoms with Crippen molar-refractivity contribution in [3.63, 3.8) is 0 Å². The average Bonchev–Trinajstić information content (AvgIpc) is 3.44. The van der Waals surface area contributed by atoms with Gasteiger partial charge in [-0.25, -0.2) is 13.9 Å². The van der Waals surface area contributed by atoms with Gasteiger partial charge in [0, 0.05) is 16.1 Å². The minimum atomic E-state index is -1.23. The van der Waals surface area contributed by atoms with E-state index in [4.69, 9.17) is 11.6 Å². The Bertz CT molecular complexity index is 1550. The fourth-order valence-corrected chi connectivity index (χ4v) is 4.50. The van der Waals surface area contributed by atoms with Crippen LogP contribution < -0.4 is 16.0 Å². The molecule has 0 bridgehead atoms. The summed E-state index contributed by atoms with van der Waals surface area (Å²) in [5.74, 6) is -1.83. The van der Waals surface area contributed by atoms with E-state index in [1.165, 1.54) is 22.9 Å². The fraction of sp³-hybridized carbons (Fsp3) is 0.143. The van der Waals surface area contributed by atoms with E-state index in [1.807, 2.05) is 38.1 Å². The van der Waals surface area contributed by atoms with Gasteiger partial charge in [-0.2, -0.15) is 5.10 Å². The topological polar surface area (TPSA) is 105 Å². The van der Waals surface area contributed by atoms with E-state index in [2.05, 4.69) is 21.0 Å². The predicted molar refractivity (Wildman–Crippen MR) is 140 cm³/mol. The molecule has 4 aromatic rings. The van der Waals surface area contributed by atoms with Crippen molar-refractivity contribution in [2.75, 3.05) is 0 Å². The number of nitrogens with one attached hydrogen (secondary N) is 3. The Morgan fingerprint density at radius 2 is 1.74 bits per heavy atom. The molecule has 2 heterocycles. The lowest BCUT2D eigenvalue weighted by molar-refractivity contribution is -0.120. The summed E-state index contributed by atoms with van der Waals surface area (Å²) >= 11 is 6.10. The molecule has 1 aliphatic heterocycles. The molecule has 3 N–H and O–H groups in total. The summed E-state index contributed by atoms with van der Waals surface area (Å²) in [5.41, 5.74) is 2.79. The lowest BCUT2D eigenvalue weighted by Gasteiger charge is -2.16. The first-order chi connectivity index (χ1) is 18.2. The third kappa shape index (κ3) is 4.76. The second kappa shape index (κ2) is 10.1. The van der Waals surface area contributed by atoms with Crippen LogP contribution in [0.5, 0.6) is 0 Å². The number of halogens is 2. The lowest BCUT2D eigenvalue weighted by atomic mass is 9.98. The number of imide groups is 1. The van der Waals surface area contributed by atoms with Crippen LogP contribution in [0.3, 0.4) is 0 Å². The second-order valence-electron chi connectivity index (χ2n) is 8.98. The van der Waals surface area contributed by atoms with Crippen LogP contribution >= 0.6 is 11.6 Å². The van der Waals surface area contributed by atoms with Crippen molar-refractivity contribution in [3.8, 4) is 16.9 Å². The Balaban J connectivity index is 1.70. The van der Waals surface area contributed by atoms with Crippen molar-refractivity contribution < 1.29 is 18.8 Å². The highest BCUT2D eigenvalue weighted by Gasteiger charge is 2.39. The monoisotopic (exact) mass is 531 g/mol. The maximum atomic E-state index is 15.0. The zero-order valence-electron chi connectivity index (χ0n) is 20.5. The maximum absolute atomic E-state index is 15.0. The van der Waals surface area contributed by atoms with Crippen molar-refractivity contribution in [2.24, 2.45) is 0 Å². The number of rotatable bonds is 6. The number of carbonyl (C=O) groups is 3. The summed E-state index contributed by atoms with van der Waals surface area (Å²) < 4.78 is 16.3. The Kier molecular flexibility index (Phi) is 6.69. The highest BCUT2D eigenvalue weighted by molar-refractivity contribution is 6.30. The van der Waals surface area contributed by atoms with Gasteiger partial charge >= 0.3 is 6.03 Å². The molecule has 0 saturated carbocycles. The van der Waals surface area contributed by atoms with Crippen LogP contribution in [0.1, 0.15) is 46.2 Å². The second-order valence-corrected chi connectivity index (χ2v) is 9.42. The number of nitrogens with zero attached hydrogens (tertiary/aromatic N) is 2. The van der Waals surface area contributed by atoms with Gasteiger partial charge < -0.3 is 10.6 Å². The van der Waals surface area contributed by atoms with Crippen LogP contribution in [0.15, 0.2) is 72.8 Å². The van der Waals surface area contributed by atoms with Crippen LogP contribution in [0.4, 0.5) is 9.18 Å². The first-order valence-electron chi connectivity index (χ1n) is 11.9. The Morgan fingerprint density at radius 3 is 2.37 bits per heavy atom. The van der Waals surface area contributed by atoms with Crippen molar-refractivity contribution in [1.29, 1.82) is 0 Å². The van der Waals surface area contributed by atoms with Gasteiger partial charge in [-0.15, -0.1) is 0 Å². The molecule has 0 spiro atoms. The predicted octanol–water partition coefficient (Wildman–Crippen LogP) is 5.01. The summed E-state index contributed by atoms with van der Waals surface area (Å²) in [6.07, 6.45) is 0. The van der Waals surface area contributed by atoms with Gasteiger partial charge in [-0.05, 0) is 43.7 Å². The van der Waals surface area contributed by atoms with Crippen molar-refractivity contribution in [3.05, 3.63) is 106 Å². The van der Waals surface area contributed by atoms with Crippen molar-refractivity contribution >= 4 is 29.4 Å². The molecule has 4 amide bonds. The van der Waals surface area contributed by atoms with Crippen LogP contribution in [0, 0.1) is 12.7 Å². The van der Waals surface area contributed by atoms with E-state index < -0.39 is 35.7 Å². The molecule has 0 radical (unpaired) electrons. The van der Waals surface area contributed by atoms with Gasteiger partial charge in [0.25, 0.3) is 11.8 Å². The highest BCUT2D eigenvalue weighted by atomic mass is 35.5. The van der Waals surface area contributed by atoms with Gasteiger partial charge in [0.2, 0.25) is 0 Å². The van der Waals surface area contributed by atoms with Crippen LogP contribution in [0.2, 0.25) is 5.02 Å². The molecule has 38 heavy (non-hydrogen) atoms. The number of aromatic nitrogens is 2. The molecular weight excluding hydrogens is 509 g/mol. The molecule has 1 aromatic heterocycles. The van der Waals surface area contributed by atoms with Gasteiger partial charge in [0.15, 0.2) is 5.69 Å². The maximum Gasteiger partial charge on any atom is 0.322 e. The van der Waals surface area contributed by atoms with Crippen LogP contribution in [0.25, 0.3) is 16.9 Å². The summed E-state index contributed by atoms with van der Waals surface area (Å²) in [4.78, 5) is 38.6. The molecular formula is C28H23ClFN5O3. The fourth-order valence-electron chi connectivity index (χ4n) is 4.38. The largest absolute Gasteiger partial charge is 0.344 e. The van der Waals surface area contributed by atoms with Crippen molar-refractivity contribution in [2.45, 2.75) is 25.9 Å². The third-order valence-corrected chi connectivity index (χ3v) is 6.58. The van der Waals surface area contributed by atoms with Crippen molar-refractivity contribution in [1.82, 2.24) is 25.7 Å². The Hall–Kier alpha value is -4.50. The average molecular weight is 532 g/mol. The molecule has 0 aliphatic carbocycles. The molecule has 5 rings (SSSR count). The van der Waals surface area contributed by atoms with Gasteiger partial charge in [0.05, 0.1) is 11.7 Å². The number of para-hydroxylation sites is 1. The zero-order chi connectivity index (χ0) is 27.0. The molecule has 1 saturated heterocycles. The normalized spacial score (nSPS) is 15.6. The van der Waals surface area contributed by atoms with E-state index in [0.717, 1.165) is 11.1 Å². The van der Waals surface area contributed by atoms with Gasteiger partial charge in [-0.1, -0.05) is 65.7 Å². The highest BCUT2D eigenvalue weighted by Crippen LogP contribution is 2.36. The minimum Gasteiger partial charge on any atom is -0.344 e. The molecule has 2 atom stereocenters. The number of hydrogen-bond donors (Lipinski definition) is 3. The van der Waals surface area contributed by atoms with Crippen LogP contribution in [-0.2, 0) is 4.79 Å². The number of carbonyl (C=O) groups excluding carboxylic acids is 3. The lowest BCUT2D eigenvalue weighted by Crippen LogP contribution is -2.30. The molecule has 8 nitrogen and oxygen atoms in total. The summed E-state index contributed by atoms with van der Waals surface area (Å²) in [6.45, 7) is 3.79. The minimum absolute atomic E-state index is 0.0639. The number of hydrogen-bond acceptors (Lipinski definition) is 4. The van der Waals surface area contributed by atoms with Gasteiger partial charge in [-0.3, -0.25) is 14.9 Å². The molecule has 1 unspecified atom stereocenters. The van der Waals surface area contributed by atoms with E-state index in [1.54, 1.807) is 30.3 Å². The third-order valence-electron chi connectivity index (χ3n) is 6.32. The number of amides is 4. The summed E-state index contributed by atoms with van der Waals surface area (Å²) in [7, 11) is 0.